The van der Waals surface area contributed by atoms with Gasteiger partial charge >= 0.3 is 5.63 Å². The molecule has 1 N–H and O–H groups in total. The minimum Gasteiger partial charge on any atom is -0.507 e. The molecule has 0 amide bonds. The molecule has 0 fully saturated rings. The fourth-order valence-corrected chi connectivity index (χ4v) is 2.68. The third kappa shape index (κ3) is 3.84. The first kappa shape index (κ1) is 18.3. The summed E-state index contributed by atoms with van der Waals surface area (Å²) in [4.78, 5) is 24.1. The molecular formula is C21H18O6. The van der Waals surface area contributed by atoms with Gasteiger partial charge in [-0.1, -0.05) is 12.1 Å². The van der Waals surface area contributed by atoms with Gasteiger partial charge in [-0.05, 0) is 48.9 Å². The summed E-state index contributed by atoms with van der Waals surface area (Å²) < 4.78 is 15.9. The van der Waals surface area contributed by atoms with Crippen molar-refractivity contribution < 1.29 is 23.8 Å². The average molecular weight is 366 g/mol. The van der Waals surface area contributed by atoms with Crippen molar-refractivity contribution in [3.8, 4) is 17.2 Å². The number of phenols is 1. The van der Waals surface area contributed by atoms with Crippen LogP contribution in [0.15, 0.2) is 57.8 Å². The van der Waals surface area contributed by atoms with Crippen LogP contribution in [0.5, 0.6) is 17.2 Å². The smallest absolute Gasteiger partial charge is 0.336 e. The van der Waals surface area contributed by atoms with Crippen molar-refractivity contribution in [3.63, 3.8) is 0 Å². The van der Waals surface area contributed by atoms with E-state index in [9.17, 15) is 14.7 Å². The minimum absolute atomic E-state index is 0.0562. The Bertz CT molecular complexity index is 1080. The number of phenolic OH excluding ortho intramolecular Hbond substituents is 1. The summed E-state index contributed by atoms with van der Waals surface area (Å²) in [5.41, 5.74) is 0.119. The van der Waals surface area contributed by atoms with E-state index in [-0.39, 0.29) is 16.9 Å². The number of hydrogen-bond acceptors (Lipinski definition) is 6. The van der Waals surface area contributed by atoms with Gasteiger partial charge in [-0.25, -0.2) is 4.79 Å². The van der Waals surface area contributed by atoms with Gasteiger partial charge in [0.15, 0.2) is 22.9 Å². The van der Waals surface area contributed by atoms with Gasteiger partial charge in [-0.3, -0.25) is 4.79 Å². The molecule has 138 valence electrons. The molecule has 0 bridgehead atoms. The Balaban J connectivity index is 1.96. The van der Waals surface area contributed by atoms with Crippen molar-refractivity contribution >= 4 is 22.8 Å². The average Bonchev–Trinajstić information content (AvgIpc) is 2.67. The van der Waals surface area contributed by atoms with Crippen LogP contribution in [-0.2, 0) is 0 Å². The minimum atomic E-state index is -0.595. The van der Waals surface area contributed by atoms with E-state index in [1.165, 1.54) is 25.3 Å². The fourth-order valence-electron chi connectivity index (χ4n) is 2.68. The Hall–Kier alpha value is -3.54. The van der Waals surface area contributed by atoms with E-state index in [1.54, 1.807) is 36.4 Å². The van der Waals surface area contributed by atoms with Crippen LogP contribution in [0.2, 0.25) is 0 Å². The first-order valence-corrected chi connectivity index (χ1v) is 8.32. The Morgan fingerprint density at radius 1 is 1.15 bits per heavy atom. The molecule has 0 unspecified atom stereocenters. The molecule has 0 aliphatic rings. The Morgan fingerprint density at radius 3 is 2.67 bits per heavy atom. The third-order valence-electron chi connectivity index (χ3n) is 3.93. The van der Waals surface area contributed by atoms with Crippen molar-refractivity contribution in [2.75, 3.05) is 13.7 Å². The van der Waals surface area contributed by atoms with E-state index < -0.39 is 11.4 Å². The second kappa shape index (κ2) is 7.78. The van der Waals surface area contributed by atoms with Gasteiger partial charge in [0.25, 0.3) is 0 Å². The summed E-state index contributed by atoms with van der Waals surface area (Å²) >= 11 is 0. The monoisotopic (exact) mass is 366 g/mol. The standard InChI is InChI=1S/C21H18O6/c1-3-26-17-10-5-13(12-18(17)25-2)4-8-15(22)20-16(23)9-6-14-7-11-19(24)27-21(14)20/h4-12,23H,3H2,1-2H3/b8-4+. The number of hydrogen-bond donors (Lipinski definition) is 1. The number of aromatic hydroxyl groups is 1. The van der Waals surface area contributed by atoms with E-state index >= 15 is 0 Å². The van der Waals surface area contributed by atoms with Crippen molar-refractivity contribution in [2.45, 2.75) is 6.92 Å². The maximum absolute atomic E-state index is 12.6. The molecule has 1 aromatic heterocycles. The molecule has 3 aromatic rings. The lowest BCUT2D eigenvalue weighted by atomic mass is 10.0. The molecule has 0 saturated heterocycles. The molecule has 6 heteroatoms. The number of carbonyl (C=O) groups is 1. The zero-order valence-electron chi connectivity index (χ0n) is 14.9. The number of carbonyl (C=O) groups excluding carboxylic acids is 1. The number of fused-ring (bicyclic) bond motifs is 1. The number of allylic oxidation sites excluding steroid dienone is 1. The van der Waals surface area contributed by atoms with E-state index in [0.29, 0.717) is 29.1 Å². The second-order valence-electron chi connectivity index (χ2n) is 5.67. The molecule has 0 radical (unpaired) electrons. The first-order valence-electron chi connectivity index (χ1n) is 8.32. The predicted octanol–water partition coefficient (Wildman–Crippen LogP) is 3.80. The summed E-state index contributed by atoms with van der Waals surface area (Å²) in [6, 6.07) is 11.0. The second-order valence-corrected chi connectivity index (χ2v) is 5.67. The molecule has 0 aliphatic heterocycles. The number of ketones is 1. The number of benzene rings is 2. The van der Waals surface area contributed by atoms with Gasteiger partial charge in [0.2, 0.25) is 0 Å². The summed E-state index contributed by atoms with van der Waals surface area (Å²) in [5, 5.41) is 10.6. The van der Waals surface area contributed by atoms with Crippen LogP contribution in [0.3, 0.4) is 0 Å². The molecule has 27 heavy (non-hydrogen) atoms. The normalized spacial score (nSPS) is 11.0. The lowest BCUT2D eigenvalue weighted by molar-refractivity contribution is 0.104. The third-order valence-corrected chi connectivity index (χ3v) is 3.93. The Labute approximate surface area is 155 Å². The van der Waals surface area contributed by atoms with E-state index in [4.69, 9.17) is 13.9 Å². The number of rotatable bonds is 6. The summed E-state index contributed by atoms with van der Waals surface area (Å²) in [7, 11) is 1.53. The lowest BCUT2D eigenvalue weighted by Gasteiger charge is -2.09. The molecule has 0 saturated carbocycles. The van der Waals surface area contributed by atoms with Gasteiger partial charge in [0.05, 0.1) is 13.7 Å². The highest BCUT2D eigenvalue weighted by Crippen LogP contribution is 2.30. The zero-order valence-corrected chi connectivity index (χ0v) is 14.9. The van der Waals surface area contributed by atoms with Crippen LogP contribution in [0, 0.1) is 0 Å². The maximum atomic E-state index is 12.6. The molecule has 1 heterocycles. The van der Waals surface area contributed by atoms with Gasteiger partial charge < -0.3 is 19.0 Å². The predicted molar refractivity (Wildman–Crippen MR) is 102 cm³/mol. The number of methoxy groups -OCH3 is 1. The van der Waals surface area contributed by atoms with E-state index in [2.05, 4.69) is 0 Å². The van der Waals surface area contributed by atoms with Gasteiger partial charge in [0.1, 0.15) is 11.3 Å². The van der Waals surface area contributed by atoms with Crippen molar-refractivity contribution in [1.29, 1.82) is 0 Å². The summed E-state index contributed by atoms with van der Waals surface area (Å²) in [5.74, 6) is 0.415. The Morgan fingerprint density at radius 2 is 1.93 bits per heavy atom. The molecule has 0 atom stereocenters. The largest absolute Gasteiger partial charge is 0.507 e. The highest BCUT2D eigenvalue weighted by Gasteiger charge is 2.16. The Kier molecular flexibility index (Phi) is 5.26. The highest BCUT2D eigenvalue weighted by molar-refractivity contribution is 6.15. The summed E-state index contributed by atoms with van der Waals surface area (Å²) in [6.45, 7) is 2.39. The molecular weight excluding hydrogens is 348 g/mol. The van der Waals surface area contributed by atoms with Gasteiger partial charge in [-0.15, -0.1) is 0 Å². The van der Waals surface area contributed by atoms with Crippen molar-refractivity contribution in [3.05, 3.63) is 70.1 Å². The SMILES string of the molecule is CCOc1ccc(/C=C/C(=O)c2c(O)ccc3ccc(=O)oc23)cc1OC. The van der Waals surface area contributed by atoms with Crippen LogP contribution in [-0.4, -0.2) is 24.6 Å². The van der Waals surface area contributed by atoms with Gasteiger partial charge in [-0.2, -0.15) is 0 Å². The van der Waals surface area contributed by atoms with Crippen LogP contribution in [0.25, 0.3) is 17.0 Å². The van der Waals surface area contributed by atoms with Crippen molar-refractivity contribution in [1.82, 2.24) is 0 Å². The van der Waals surface area contributed by atoms with Crippen LogP contribution in [0.4, 0.5) is 0 Å². The number of ether oxygens (including phenoxy) is 2. The zero-order chi connectivity index (χ0) is 19.4. The van der Waals surface area contributed by atoms with Crippen molar-refractivity contribution in [2.24, 2.45) is 0 Å². The van der Waals surface area contributed by atoms with Gasteiger partial charge in [0, 0.05) is 11.5 Å². The van der Waals surface area contributed by atoms with E-state index in [1.807, 2.05) is 6.92 Å². The summed E-state index contributed by atoms with van der Waals surface area (Å²) in [6.07, 6.45) is 2.89. The first-order chi connectivity index (χ1) is 13.0. The van der Waals surface area contributed by atoms with E-state index in [0.717, 1.165) is 0 Å². The topological polar surface area (TPSA) is 86.0 Å². The molecule has 2 aromatic carbocycles. The lowest BCUT2D eigenvalue weighted by Crippen LogP contribution is -2.01. The molecule has 6 nitrogen and oxygen atoms in total. The molecule has 0 aliphatic carbocycles. The van der Waals surface area contributed by atoms with Crippen LogP contribution < -0.4 is 15.1 Å². The highest BCUT2D eigenvalue weighted by atomic mass is 16.5. The molecule has 3 rings (SSSR count). The van der Waals surface area contributed by atoms with Crippen LogP contribution in [0.1, 0.15) is 22.8 Å². The van der Waals surface area contributed by atoms with Crippen LogP contribution >= 0.6 is 0 Å². The fraction of sp³-hybridized carbons (Fsp3) is 0.143. The quantitative estimate of drug-likeness (QED) is 0.406. The molecule has 0 spiro atoms. The maximum Gasteiger partial charge on any atom is 0.336 e.